The van der Waals surface area contributed by atoms with Crippen LogP contribution in [-0.4, -0.2) is 17.6 Å². The Labute approximate surface area is 120 Å². The van der Waals surface area contributed by atoms with E-state index >= 15 is 0 Å². The highest BCUT2D eigenvalue weighted by Gasteiger charge is 2.14. The van der Waals surface area contributed by atoms with Gasteiger partial charge in [-0.1, -0.05) is 19.0 Å². The van der Waals surface area contributed by atoms with Crippen molar-refractivity contribution in [3.63, 3.8) is 0 Å². The summed E-state index contributed by atoms with van der Waals surface area (Å²) in [7, 11) is 0. The highest BCUT2D eigenvalue weighted by Crippen LogP contribution is 2.28. The van der Waals surface area contributed by atoms with Crippen molar-refractivity contribution in [2.75, 3.05) is 6.61 Å². The Bertz CT molecular complexity index is 464. The molecular weight excluding hydrogens is 315 g/mol. The number of oxime groups is 1. The summed E-state index contributed by atoms with van der Waals surface area (Å²) in [6.45, 7) is 4.72. The fourth-order valence-electron chi connectivity index (χ4n) is 1.57. The van der Waals surface area contributed by atoms with Crippen molar-refractivity contribution in [1.82, 2.24) is 0 Å². The average molecular weight is 333 g/mol. The highest BCUT2D eigenvalue weighted by molar-refractivity contribution is 9.10. The molecule has 0 aliphatic carbocycles. The number of rotatable bonds is 6. The van der Waals surface area contributed by atoms with Crippen molar-refractivity contribution >= 4 is 21.8 Å². The van der Waals surface area contributed by atoms with Gasteiger partial charge in [-0.2, -0.15) is 0 Å². The molecule has 0 saturated carbocycles. The summed E-state index contributed by atoms with van der Waals surface area (Å²) < 4.78 is 19.5. The quantitative estimate of drug-likeness (QED) is 0.275. The van der Waals surface area contributed by atoms with E-state index < -0.39 is 5.82 Å². The van der Waals surface area contributed by atoms with Crippen LogP contribution in [-0.2, 0) is 0 Å². The first-order chi connectivity index (χ1) is 8.97. The normalized spacial score (nSPS) is 11.9. The molecule has 0 unspecified atom stereocenters. The van der Waals surface area contributed by atoms with Gasteiger partial charge in [0, 0.05) is 5.56 Å². The number of nitrogens with two attached hydrogens (primary N) is 1. The van der Waals surface area contributed by atoms with E-state index in [1.807, 2.05) is 0 Å². The van der Waals surface area contributed by atoms with E-state index in [9.17, 15) is 4.39 Å². The maximum absolute atomic E-state index is 14.0. The van der Waals surface area contributed by atoms with Crippen LogP contribution in [0.25, 0.3) is 0 Å². The number of ether oxygens (including phenoxy) is 1. The summed E-state index contributed by atoms with van der Waals surface area (Å²) >= 11 is 3.08. The van der Waals surface area contributed by atoms with Gasteiger partial charge in [0.15, 0.2) is 17.4 Å². The number of amidine groups is 1. The topological polar surface area (TPSA) is 67.8 Å². The van der Waals surface area contributed by atoms with Gasteiger partial charge >= 0.3 is 0 Å². The van der Waals surface area contributed by atoms with Crippen molar-refractivity contribution in [3.8, 4) is 5.75 Å². The summed E-state index contributed by atoms with van der Waals surface area (Å²) in [5.74, 6) is 0.0547. The molecule has 106 valence electrons. The standard InChI is InChI=1S/C13H18BrFN2O2/c1-8(2)4-3-7-19-10-6-5-9(13(16)17-18)11(14)12(10)15/h5-6,8,18H,3-4,7H2,1-2H3,(H2,16,17). The van der Waals surface area contributed by atoms with E-state index in [0.717, 1.165) is 12.8 Å². The number of hydrogen-bond donors (Lipinski definition) is 2. The van der Waals surface area contributed by atoms with Crippen molar-refractivity contribution in [2.24, 2.45) is 16.8 Å². The van der Waals surface area contributed by atoms with Crippen molar-refractivity contribution in [2.45, 2.75) is 26.7 Å². The van der Waals surface area contributed by atoms with Gasteiger partial charge in [0.2, 0.25) is 0 Å². The third kappa shape index (κ3) is 4.38. The summed E-state index contributed by atoms with van der Waals surface area (Å²) in [6, 6.07) is 3.02. The molecule has 0 aliphatic rings. The minimum absolute atomic E-state index is 0.129. The Kier molecular flexibility index (Phi) is 6.08. The molecule has 1 aromatic carbocycles. The lowest BCUT2D eigenvalue weighted by atomic mass is 10.1. The number of halogens is 2. The number of nitrogens with zero attached hydrogens (tertiary/aromatic N) is 1. The third-order valence-electron chi connectivity index (χ3n) is 2.61. The minimum atomic E-state index is -0.548. The van der Waals surface area contributed by atoms with E-state index in [2.05, 4.69) is 34.9 Å². The van der Waals surface area contributed by atoms with Crippen LogP contribution in [0.2, 0.25) is 0 Å². The molecule has 4 nitrogen and oxygen atoms in total. The minimum Gasteiger partial charge on any atom is -0.490 e. The van der Waals surface area contributed by atoms with Gasteiger partial charge in [0.05, 0.1) is 11.1 Å². The number of benzene rings is 1. The zero-order valence-corrected chi connectivity index (χ0v) is 12.6. The largest absolute Gasteiger partial charge is 0.490 e. The van der Waals surface area contributed by atoms with Gasteiger partial charge in [0.1, 0.15) is 0 Å². The third-order valence-corrected chi connectivity index (χ3v) is 3.39. The van der Waals surface area contributed by atoms with Gasteiger partial charge < -0.3 is 15.7 Å². The SMILES string of the molecule is CC(C)CCCOc1ccc(/C(N)=N/O)c(Br)c1F. The Morgan fingerprint density at radius 1 is 1.53 bits per heavy atom. The van der Waals surface area contributed by atoms with Crippen LogP contribution in [0.4, 0.5) is 4.39 Å². The summed E-state index contributed by atoms with van der Waals surface area (Å²) in [4.78, 5) is 0. The first kappa shape index (κ1) is 15.8. The van der Waals surface area contributed by atoms with E-state index in [1.165, 1.54) is 6.07 Å². The van der Waals surface area contributed by atoms with E-state index in [-0.39, 0.29) is 21.6 Å². The van der Waals surface area contributed by atoms with E-state index in [1.54, 1.807) is 6.07 Å². The second-order valence-electron chi connectivity index (χ2n) is 4.61. The van der Waals surface area contributed by atoms with Crippen LogP contribution in [0.3, 0.4) is 0 Å². The first-order valence-electron chi connectivity index (χ1n) is 6.06. The molecular formula is C13H18BrFN2O2. The second-order valence-corrected chi connectivity index (χ2v) is 5.40. The second kappa shape index (κ2) is 7.33. The zero-order valence-electron chi connectivity index (χ0n) is 11.0. The van der Waals surface area contributed by atoms with Crippen LogP contribution in [0.15, 0.2) is 21.8 Å². The fourth-order valence-corrected chi connectivity index (χ4v) is 2.10. The molecule has 0 spiro atoms. The summed E-state index contributed by atoms with van der Waals surface area (Å²) in [6.07, 6.45) is 1.90. The van der Waals surface area contributed by atoms with Crippen LogP contribution < -0.4 is 10.5 Å². The Morgan fingerprint density at radius 2 is 2.21 bits per heavy atom. The molecule has 1 aromatic rings. The van der Waals surface area contributed by atoms with E-state index in [4.69, 9.17) is 15.7 Å². The van der Waals surface area contributed by atoms with Gasteiger partial charge in [-0.15, -0.1) is 0 Å². The molecule has 0 heterocycles. The fraction of sp³-hybridized carbons (Fsp3) is 0.462. The predicted octanol–water partition coefficient (Wildman–Crippen LogP) is 3.50. The molecule has 0 aliphatic heterocycles. The smallest absolute Gasteiger partial charge is 0.179 e. The zero-order chi connectivity index (χ0) is 14.4. The Morgan fingerprint density at radius 3 is 2.79 bits per heavy atom. The number of hydrogen-bond acceptors (Lipinski definition) is 3. The van der Waals surface area contributed by atoms with Crippen LogP contribution in [0.5, 0.6) is 5.75 Å². The molecule has 1 rings (SSSR count). The predicted molar refractivity (Wildman–Crippen MR) is 76.2 cm³/mol. The van der Waals surface area contributed by atoms with Crippen molar-refractivity contribution in [3.05, 3.63) is 28.0 Å². The molecule has 0 saturated heterocycles. The van der Waals surface area contributed by atoms with Crippen molar-refractivity contribution in [1.29, 1.82) is 0 Å². The van der Waals surface area contributed by atoms with Crippen LogP contribution in [0, 0.1) is 11.7 Å². The summed E-state index contributed by atoms with van der Waals surface area (Å²) in [5.41, 5.74) is 5.72. The lowest BCUT2D eigenvalue weighted by Gasteiger charge is -2.11. The van der Waals surface area contributed by atoms with Gasteiger partial charge in [-0.05, 0) is 46.8 Å². The molecule has 0 radical (unpaired) electrons. The molecule has 0 atom stereocenters. The van der Waals surface area contributed by atoms with Crippen molar-refractivity contribution < 1.29 is 14.3 Å². The maximum Gasteiger partial charge on any atom is 0.179 e. The lowest BCUT2D eigenvalue weighted by Crippen LogP contribution is -2.14. The molecule has 0 bridgehead atoms. The molecule has 6 heteroatoms. The lowest BCUT2D eigenvalue weighted by molar-refractivity contribution is 0.283. The molecule has 0 fully saturated rings. The summed E-state index contributed by atoms with van der Waals surface area (Å²) in [5, 5.41) is 11.4. The van der Waals surface area contributed by atoms with Gasteiger partial charge in [-0.25, -0.2) is 4.39 Å². The van der Waals surface area contributed by atoms with Crippen LogP contribution in [0.1, 0.15) is 32.3 Å². The first-order valence-corrected chi connectivity index (χ1v) is 6.85. The van der Waals surface area contributed by atoms with E-state index in [0.29, 0.717) is 12.5 Å². The Balaban J connectivity index is 2.74. The maximum atomic E-state index is 14.0. The van der Waals surface area contributed by atoms with Crippen LogP contribution >= 0.6 is 15.9 Å². The molecule has 3 N–H and O–H groups in total. The molecule has 0 aromatic heterocycles. The molecule has 0 amide bonds. The molecule has 19 heavy (non-hydrogen) atoms. The highest BCUT2D eigenvalue weighted by atomic mass is 79.9. The average Bonchev–Trinajstić information content (AvgIpc) is 2.38. The van der Waals surface area contributed by atoms with Gasteiger partial charge in [0.25, 0.3) is 0 Å². The monoisotopic (exact) mass is 332 g/mol. The Hall–Kier alpha value is -1.30. The van der Waals surface area contributed by atoms with Gasteiger partial charge in [-0.3, -0.25) is 0 Å².